The lowest BCUT2D eigenvalue weighted by molar-refractivity contribution is -0.138. The van der Waals surface area contributed by atoms with Crippen molar-refractivity contribution in [2.45, 2.75) is 38.2 Å². The predicted octanol–water partition coefficient (Wildman–Crippen LogP) is 6.47. The van der Waals surface area contributed by atoms with Crippen LogP contribution in [0.2, 0.25) is 0 Å². The largest absolute Gasteiger partial charge is 0.481 e. The smallest absolute Gasteiger partial charge is 0.305 e. The number of carboxylic acids is 1. The van der Waals surface area contributed by atoms with E-state index in [-0.39, 0.29) is 17.9 Å². The van der Waals surface area contributed by atoms with Crippen molar-refractivity contribution in [3.8, 4) is 22.4 Å². The number of halogens is 1. The van der Waals surface area contributed by atoms with E-state index in [1.807, 2.05) is 37.3 Å². The maximum Gasteiger partial charge on any atom is 0.305 e. The van der Waals surface area contributed by atoms with E-state index in [2.05, 4.69) is 0 Å². The molecule has 2 aromatic carbocycles. The summed E-state index contributed by atoms with van der Waals surface area (Å²) in [5.74, 6) is 0.145. The SMILES string of the molecule is COP(=O)(C=Cc1c(C2CC2)nc(-c2ccccc2)c(C)c1-c1ccc(F)cc1)C[C@@H](O)CC(=O)O. The summed E-state index contributed by atoms with van der Waals surface area (Å²) >= 11 is 0. The minimum atomic E-state index is -3.49. The van der Waals surface area contributed by atoms with Gasteiger partial charge in [0.05, 0.1) is 30.1 Å². The average Bonchev–Trinajstić information content (AvgIpc) is 3.69. The van der Waals surface area contributed by atoms with E-state index in [1.54, 1.807) is 18.2 Å². The van der Waals surface area contributed by atoms with Gasteiger partial charge in [-0.05, 0) is 54.7 Å². The number of aromatic nitrogens is 1. The first-order valence-electron chi connectivity index (χ1n) is 11.8. The number of carbonyl (C=O) groups is 1. The van der Waals surface area contributed by atoms with Crippen molar-refractivity contribution < 1.29 is 28.5 Å². The first-order chi connectivity index (χ1) is 17.2. The van der Waals surface area contributed by atoms with Crippen molar-refractivity contribution in [3.05, 3.63) is 83.1 Å². The van der Waals surface area contributed by atoms with Gasteiger partial charge in [0.1, 0.15) is 5.82 Å². The molecule has 0 saturated heterocycles. The van der Waals surface area contributed by atoms with Crippen LogP contribution >= 0.6 is 7.37 Å². The summed E-state index contributed by atoms with van der Waals surface area (Å²) in [6.07, 6.45) is 1.52. The highest BCUT2D eigenvalue weighted by atomic mass is 31.2. The third-order valence-electron chi connectivity index (χ3n) is 6.30. The fourth-order valence-corrected chi connectivity index (χ4v) is 5.84. The number of carboxylic acid groups (broad SMARTS) is 1. The molecule has 1 aliphatic carbocycles. The Kier molecular flexibility index (Phi) is 7.84. The molecule has 36 heavy (non-hydrogen) atoms. The zero-order valence-corrected chi connectivity index (χ0v) is 21.1. The van der Waals surface area contributed by atoms with E-state index in [0.29, 0.717) is 0 Å². The molecule has 0 amide bonds. The molecule has 1 aromatic heterocycles. The summed E-state index contributed by atoms with van der Waals surface area (Å²) in [5.41, 5.74) is 5.99. The molecule has 0 spiro atoms. The van der Waals surface area contributed by atoms with E-state index in [0.717, 1.165) is 52.0 Å². The van der Waals surface area contributed by atoms with Crippen LogP contribution in [0.5, 0.6) is 0 Å². The monoisotopic (exact) mass is 509 g/mol. The highest BCUT2D eigenvalue weighted by Crippen LogP contribution is 2.51. The van der Waals surface area contributed by atoms with E-state index in [4.69, 9.17) is 14.6 Å². The van der Waals surface area contributed by atoms with Crippen LogP contribution in [0.1, 0.15) is 42.0 Å². The van der Waals surface area contributed by atoms with Crippen LogP contribution in [-0.2, 0) is 13.9 Å². The molecular formula is C28H29FNO5P. The van der Waals surface area contributed by atoms with Gasteiger partial charge in [-0.25, -0.2) is 4.39 Å². The van der Waals surface area contributed by atoms with Crippen LogP contribution in [0.3, 0.4) is 0 Å². The molecule has 188 valence electrons. The van der Waals surface area contributed by atoms with Gasteiger partial charge >= 0.3 is 5.97 Å². The Morgan fingerprint density at radius 1 is 1.17 bits per heavy atom. The first-order valence-corrected chi connectivity index (χ1v) is 13.7. The van der Waals surface area contributed by atoms with Crippen molar-refractivity contribution in [1.29, 1.82) is 0 Å². The highest BCUT2D eigenvalue weighted by molar-refractivity contribution is 7.62. The fraction of sp³-hybridized carbons (Fsp3) is 0.286. The molecular weight excluding hydrogens is 480 g/mol. The standard InChI is InChI=1S/C28H29FNO5P/c1-18-26(19-10-12-22(29)13-11-19)24(14-15-36(34,35-2)17-23(31)16-25(32)33)28(21-8-9-21)30-27(18)20-6-4-3-5-7-20/h3-7,10-15,21,23,31H,8-9,16-17H2,1-2H3,(H,32,33)/t23-,36?/m0/s1. The van der Waals surface area contributed by atoms with Crippen LogP contribution in [-0.4, -0.2) is 40.5 Å². The Labute approximate surface area is 209 Å². The fourth-order valence-electron chi connectivity index (χ4n) is 4.36. The summed E-state index contributed by atoms with van der Waals surface area (Å²) in [6, 6.07) is 16.1. The number of pyridine rings is 1. The Morgan fingerprint density at radius 3 is 2.42 bits per heavy atom. The van der Waals surface area contributed by atoms with Crippen molar-refractivity contribution >= 4 is 19.4 Å². The lowest BCUT2D eigenvalue weighted by atomic mass is 9.90. The number of rotatable bonds is 10. The maximum atomic E-state index is 13.8. The molecule has 2 atom stereocenters. The number of benzene rings is 2. The van der Waals surface area contributed by atoms with Crippen LogP contribution in [0.15, 0.2) is 60.4 Å². The number of hydrogen-bond acceptors (Lipinski definition) is 5. The van der Waals surface area contributed by atoms with Crippen LogP contribution < -0.4 is 0 Å². The lowest BCUT2D eigenvalue weighted by Gasteiger charge is -2.20. The maximum absolute atomic E-state index is 13.8. The van der Waals surface area contributed by atoms with Gasteiger partial charge in [-0.3, -0.25) is 14.3 Å². The molecule has 4 rings (SSSR count). The van der Waals surface area contributed by atoms with Crippen molar-refractivity contribution in [1.82, 2.24) is 4.98 Å². The number of hydrogen-bond donors (Lipinski definition) is 2. The molecule has 1 unspecified atom stereocenters. The van der Waals surface area contributed by atoms with Crippen molar-refractivity contribution in [2.24, 2.45) is 0 Å². The predicted molar refractivity (Wildman–Crippen MR) is 139 cm³/mol. The van der Waals surface area contributed by atoms with Crippen LogP contribution in [0.4, 0.5) is 4.39 Å². The summed E-state index contributed by atoms with van der Waals surface area (Å²) in [6.45, 7) is 1.97. The second-order valence-corrected chi connectivity index (χ2v) is 11.5. The topological polar surface area (TPSA) is 96.7 Å². The number of aliphatic carboxylic acids is 1. The molecule has 1 aliphatic rings. The number of aliphatic hydroxyl groups excluding tert-OH is 1. The van der Waals surface area contributed by atoms with E-state index >= 15 is 0 Å². The normalized spacial score (nSPS) is 16.1. The third kappa shape index (κ3) is 5.98. The average molecular weight is 510 g/mol. The quantitative estimate of drug-likeness (QED) is 0.304. The van der Waals surface area contributed by atoms with Gasteiger partial charge in [-0.1, -0.05) is 42.5 Å². The molecule has 0 aliphatic heterocycles. The summed E-state index contributed by atoms with van der Waals surface area (Å²) in [4.78, 5) is 16.0. The van der Waals surface area contributed by atoms with Crippen LogP contribution in [0, 0.1) is 12.7 Å². The van der Waals surface area contributed by atoms with Gasteiger partial charge in [0.25, 0.3) is 0 Å². The zero-order chi connectivity index (χ0) is 25.9. The van der Waals surface area contributed by atoms with Crippen molar-refractivity contribution in [2.75, 3.05) is 13.3 Å². The molecule has 1 heterocycles. The van der Waals surface area contributed by atoms with E-state index in [1.165, 1.54) is 25.1 Å². The molecule has 1 fully saturated rings. The second kappa shape index (κ2) is 10.9. The molecule has 0 bridgehead atoms. The molecule has 8 heteroatoms. The molecule has 1 saturated carbocycles. The second-order valence-electron chi connectivity index (χ2n) is 9.07. The van der Waals surface area contributed by atoms with Gasteiger partial charge in [-0.15, -0.1) is 0 Å². The van der Waals surface area contributed by atoms with Crippen molar-refractivity contribution in [3.63, 3.8) is 0 Å². The third-order valence-corrected chi connectivity index (χ3v) is 8.46. The Hall–Kier alpha value is -3.12. The highest BCUT2D eigenvalue weighted by Gasteiger charge is 2.31. The summed E-state index contributed by atoms with van der Waals surface area (Å²) in [7, 11) is -2.21. The van der Waals surface area contributed by atoms with Gasteiger partial charge in [0, 0.05) is 30.0 Å². The first kappa shape index (κ1) is 26.0. The molecule has 3 aromatic rings. The van der Waals surface area contributed by atoms with Gasteiger partial charge in [0.2, 0.25) is 7.37 Å². The van der Waals surface area contributed by atoms with Gasteiger partial charge < -0.3 is 14.7 Å². The summed E-state index contributed by atoms with van der Waals surface area (Å²) in [5, 5.41) is 19.0. The minimum absolute atomic E-state index is 0.242. The Balaban J connectivity index is 1.88. The summed E-state index contributed by atoms with van der Waals surface area (Å²) < 4.78 is 32.4. The van der Waals surface area contributed by atoms with Crippen LogP contribution in [0.25, 0.3) is 28.5 Å². The lowest BCUT2D eigenvalue weighted by Crippen LogP contribution is -2.17. The van der Waals surface area contributed by atoms with Gasteiger partial charge in [0.15, 0.2) is 0 Å². The van der Waals surface area contributed by atoms with E-state index < -0.39 is 25.9 Å². The molecule has 0 radical (unpaired) electrons. The minimum Gasteiger partial charge on any atom is -0.481 e. The Bertz CT molecular complexity index is 1320. The Morgan fingerprint density at radius 2 is 1.83 bits per heavy atom. The number of aliphatic hydroxyl groups is 1. The molecule has 2 N–H and O–H groups in total. The van der Waals surface area contributed by atoms with Gasteiger partial charge in [-0.2, -0.15) is 0 Å². The zero-order valence-electron chi connectivity index (χ0n) is 20.2. The van der Waals surface area contributed by atoms with E-state index in [9.17, 15) is 18.9 Å². The molecule has 6 nitrogen and oxygen atoms in total. The number of nitrogens with zero attached hydrogens (tertiary/aromatic N) is 1.